The van der Waals surface area contributed by atoms with Crippen molar-refractivity contribution in [2.45, 2.75) is 199 Å². The summed E-state index contributed by atoms with van der Waals surface area (Å²) < 4.78 is 35.8. The van der Waals surface area contributed by atoms with Gasteiger partial charge in [-0.1, -0.05) is 76.2 Å². The number of rotatable bonds is 18. The number of anilines is 1. The number of piperazine rings is 1. The van der Waals surface area contributed by atoms with Gasteiger partial charge in [0, 0.05) is 122 Å². The van der Waals surface area contributed by atoms with Crippen molar-refractivity contribution in [1.82, 2.24) is 30.4 Å². The van der Waals surface area contributed by atoms with Crippen LogP contribution in [0.15, 0.2) is 65.2 Å². The number of hydrogen-bond donors (Lipinski definition) is 6. The van der Waals surface area contributed by atoms with Crippen molar-refractivity contribution in [1.29, 1.82) is 0 Å². The number of carbonyl (C=O) groups excluding carboxylic acids is 5. The van der Waals surface area contributed by atoms with Gasteiger partial charge in [0.25, 0.3) is 17.6 Å². The highest BCUT2D eigenvalue weighted by Gasteiger charge is 2.53. The number of piperidine rings is 1. The maximum absolute atomic E-state index is 14.7. The van der Waals surface area contributed by atoms with Gasteiger partial charge >= 0.3 is 5.97 Å². The molecule has 3 amide bonds. The number of aliphatic hydroxyl groups is 4. The third kappa shape index (κ3) is 22.3. The molecule has 0 radical (unpaired) electrons. The molecule has 0 unspecified atom stereocenters. The van der Waals surface area contributed by atoms with Crippen molar-refractivity contribution in [3.05, 3.63) is 65.6 Å². The number of ether oxygens (including phenoxy) is 6. The predicted molar refractivity (Wildman–Crippen MR) is 347 cm³/mol. The zero-order valence-corrected chi connectivity index (χ0v) is 56.4. The molecule has 24 heteroatoms. The van der Waals surface area contributed by atoms with Crippen LogP contribution in [-0.2, 0) is 63.8 Å². The molecule has 92 heavy (non-hydrogen) atoms. The van der Waals surface area contributed by atoms with E-state index < -0.39 is 96.6 Å². The zero-order chi connectivity index (χ0) is 67.1. The normalized spacial score (nSPS) is 34.3. The van der Waals surface area contributed by atoms with E-state index in [1.54, 1.807) is 53.5 Å². The Labute approximate surface area is 544 Å². The van der Waals surface area contributed by atoms with E-state index in [2.05, 4.69) is 42.6 Å². The molecule has 5 heterocycles. The Hall–Kier alpha value is -5.54. The van der Waals surface area contributed by atoms with Gasteiger partial charge in [-0.05, 0) is 114 Å². The Morgan fingerprint density at radius 1 is 0.815 bits per heavy atom. The van der Waals surface area contributed by atoms with Gasteiger partial charge in [0.15, 0.2) is 6.61 Å². The SMILES string of the molecule is CO[C@H]1C[C@@H]2CC[C@@H](C)[C@@](O)(O2)C(=O)C(=O)N2CCCC[C@H]2C(=O)O[C@H]([C@H](C)C[C@@H]2CC[C@@H](O)[C@H](OC)C2)C[C@@H](O)[C@H](C)/C=C(\C)[C@@H](O)[C@@H](OC)C(=NOCC(=O)NCCOCCC(=O)NCc2cnc(N3CCN(C)CC3)nc2)[C@H](C)C[C@H](C)/C=C/C=C/C=C/1C. The number of cyclic esters (lactones) is 1. The minimum atomic E-state index is -2.45. The van der Waals surface area contributed by atoms with Crippen LogP contribution in [0.2, 0.25) is 0 Å². The fourth-order valence-corrected chi connectivity index (χ4v) is 13.1. The maximum Gasteiger partial charge on any atom is 0.329 e. The van der Waals surface area contributed by atoms with Crippen LogP contribution < -0.4 is 15.5 Å². The number of allylic oxidation sites excluding steroid dienone is 5. The summed E-state index contributed by atoms with van der Waals surface area (Å²) >= 11 is 0. The minimum Gasteiger partial charge on any atom is -0.460 e. The summed E-state index contributed by atoms with van der Waals surface area (Å²) in [5.74, 6) is -7.32. The molecule has 16 atom stereocenters. The van der Waals surface area contributed by atoms with E-state index >= 15 is 0 Å². The molecule has 2 bridgehead atoms. The first kappa shape index (κ1) is 75.5. The summed E-state index contributed by atoms with van der Waals surface area (Å²) in [5, 5.41) is 57.1. The van der Waals surface area contributed by atoms with Gasteiger partial charge in [-0.25, -0.2) is 14.8 Å². The summed E-state index contributed by atoms with van der Waals surface area (Å²) in [6.07, 6.45) is 13.9. The molecular weight excluding hydrogens is 1180 g/mol. The molecule has 1 aliphatic carbocycles. The minimum absolute atomic E-state index is 0.0260. The number of oxime groups is 1. The van der Waals surface area contributed by atoms with Crippen LogP contribution in [0.3, 0.4) is 0 Å². The molecule has 3 saturated heterocycles. The van der Waals surface area contributed by atoms with E-state index in [4.69, 9.17) is 33.3 Å². The lowest BCUT2D eigenvalue weighted by atomic mass is 9.78. The number of methoxy groups -OCH3 is 3. The highest BCUT2D eigenvalue weighted by atomic mass is 16.6. The first-order valence-electron chi connectivity index (χ1n) is 33.3. The van der Waals surface area contributed by atoms with E-state index in [9.17, 15) is 44.4 Å². The molecule has 4 fully saturated rings. The second-order valence-corrected chi connectivity index (χ2v) is 26.4. The van der Waals surface area contributed by atoms with Crippen molar-refractivity contribution in [3.8, 4) is 0 Å². The first-order valence-corrected chi connectivity index (χ1v) is 33.3. The highest BCUT2D eigenvalue weighted by Crippen LogP contribution is 2.38. The number of fused-ring (bicyclic) bond motifs is 3. The Morgan fingerprint density at radius 3 is 2.26 bits per heavy atom. The smallest absolute Gasteiger partial charge is 0.329 e. The number of amides is 3. The molecule has 1 aromatic heterocycles. The fourth-order valence-electron chi connectivity index (χ4n) is 13.1. The number of Topliss-reactive ketones (excluding diaryl/α,β-unsaturated/α-hetero) is 1. The van der Waals surface area contributed by atoms with Gasteiger partial charge in [0.1, 0.15) is 24.4 Å². The molecule has 1 saturated carbocycles. The lowest BCUT2D eigenvalue weighted by Crippen LogP contribution is -2.61. The molecule has 6 rings (SSSR count). The molecule has 0 spiro atoms. The Morgan fingerprint density at radius 2 is 1.55 bits per heavy atom. The fraction of sp³-hybridized carbons (Fsp3) is 0.735. The molecule has 1 aromatic rings. The number of likely N-dealkylation sites (N-methyl/N-ethyl adjacent to an activating group) is 1. The number of esters is 1. The zero-order valence-electron chi connectivity index (χ0n) is 56.4. The third-order valence-corrected chi connectivity index (χ3v) is 19.1. The molecule has 4 aliphatic heterocycles. The third-order valence-electron chi connectivity index (χ3n) is 19.1. The van der Waals surface area contributed by atoms with Gasteiger partial charge in [-0.3, -0.25) is 19.2 Å². The monoisotopic (exact) mass is 1290 g/mol. The summed E-state index contributed by atoms with van der Waals surface area (Å²) in [7, 11) is 6.68. The summed E-state index contributed by atoms with van der Waals surface area (Å²) in [6, 6.07) is -1.15. The molecule has 516 valence electrons. The van der Waals surface area contributed by atoms with Gasteiger partial charge in [0.05, 0.1) is 49.4 Å². The summed E-state index contributed by atoms with van der Waals surface area (Å²) in [4.78, 5) is 89.5. The van der Waals surface area contributed by atoms with Crippen molar-refractivity contribution >= 4 is 41.1 Å². The van der Waals surface area contributed by atoms with Gasteiger partial charge in [-0.2, -0.15) is 0 Å². The summed E-state index contributed by atoms with van der Waals surface area (Å²) in [5.41, 5.74) is 2.42. The number of nitrogens with zero attached hydrogens (tertiary/aromatic N) is 6. The number of carbonyl (C=O) groups is 5. The summed E-state index contributed by atoms with van der Waals surface area (Å²) in [6.45, 7) is 17.0. The molecular formula is C68H108N8O16. The van der Waals surface area contributed by atoms with Crippen molar-refractivity contribution in [3.63, 3.8) is 0 Å². The Kier molecular flexibility index (Phi) is 30.8. The van der Waals surface area contributed by atoms with Crippen LogP contribution in [-0.4, -0.2) is 224 Å². The van der Waals surface area contributed by atoms with Crippen LogP contribution in [0, 0.1) is 35.5 Å². The van der Waals surface area contributed by atoms with Crippen LogP contribution in [0.1, 0.15) is 138 Å². The van der Waals surface area contributed by atoms with E-state index in [-0.39, 0.29) is 87.8 Å². The van der Waals surface area contributed by atoms with Gasteiger partial charge in [-0.15, -0.1) is 0 Å². The number of hydrogen-bond acceptors (Lipinski definition) is 21. The highest BCUT2D eigenvalue weighted by molar-refractivity contribution is 6.39. The van der Waals surface area contributed by atoms with Crippen LogP contribution in [0.4, 0.5) is 5.95 Å². The van der Waals surface area contributed by atoms with E-state index in [1.807, 2.05) is 58.1 Å². The van der Waals surface area contributed by atoms with Crippen LogP contribution >= 0.6 is 0 Å². The number of aromatic nitrogens is 2. The Balaban J connectivity index is 1.17. The predicted octanol–water partition coefficient (Wildman–Crippen LogP) is 5.16. The van der Waals surface area contributed by atoms with Crippen LogP contribution in [0.5, 0.6) is 0 Å². The largest absolute Gasteiger partial charge is 0.460 e. The van der Waals surface area contributed by atoms with E-state index in [0.29, 0.717) is 81.4 Å². The first-order chi connectivity index (χ1) is 44.0. The number of nitrogens with one attached hydrogen (secondary N) is 2. The van der Waals surface area contributed by atoms with Gasteiger partial charge in [0.2, 0.25) is 17.6 Å². The molecule has 0 aromatic carbocycles. The standard InChI is InChI=1S/C68H108N8O16/c1-43-17-13-12-14-18-44(2)56(86-9)37-52-22-20-49(7)68(85,92-52)64(82)65(83)76-26-16-15-19-53(76)66(84)91-57(46(4)35-50-21-23-54(77)58(36-50)87-10)38-55(78)45(3)34-48(6)62(81)63(88-11)61(47(5)33-43)73-90-42-60(80)69-25-32-89-31-24-59(79)70-39-51-40-71-67(72-41-51)75-29-27-74(8)28-30-75/h12-14,17-18,34,40-41,43,45-47,49-50,52-58,62-63,77-78,81,85H,15-16,19-33,35-39,42H2,1-11H3,(H,69,80)(H,70,79)/b14-12+,17-13+,44-18+,48-34+,73-61?/t43-,45-,46-,47-,49-,50+,52+,53+,54-,55-,56+,57+,58-,62-,63+,68-/m1/s1. The number of ketones is 1. The average Bonchev–Trinajstić information content (AvgIpc) is 0.796. The quantitative estimate of drug-likeness (QED) is 0.0364. The van der Waals surface area contributed by atoms with Crippen molar-refractivity contribution in [2.24, 2.45) is 40.7 Å². The second kappa shape index (κ2) is 37.5. The molecule has 6 N–H and O–H groups in total. The molecule has 24 nitrogen and oxygen atoms in total. The van der Waals surface area contributed by atoms with Crippen LogP contribution in [0.25, 0.3) is 0 Å². The maximum atomic E-state index is 14.7. The van der Waals surface area contributed by atoms with Gasteiger partial charge < -0.3 is 79.0 Å². The topological polar surface area (TPSA) is 303 Å². The van der Waals surface area contributed by atoms with E-state index in [1.165, 1.54) is 12.0 Å². The Bertz CT molecular complexity index is 2670. The lowest BCUT2D eigenvalue weighted by molar-refractivity contribution is -0.265. The van der Waals surface area contributed by atoms with Crippen molar-refractivity contribution in [2.75, 3.05) is 92.4 Å². The average molecular weight is 1290 g/mol. The number of aliphatic hydroxyl groups excluding tert-OH is 3. The van der Waals surface area contributed by atoms with Crippen molar-refractivity contribution < 1.29 is 77.7 Å². The second-order valence-electron chi connectivity index (χ2n) is 26.4. The van der Waals surface area contributed by atoms with E-state index in [0.717, 1.165) is 37.3 Å². The molecule has 5 aliphatic rings. The lowest BCUT2D eigenvalue weighted by Gasteiger charge is -2.43.